The Kier molecular flexibility index (Phi) is 12.2. The molecule has 3 saturated heterocycles. The van der Waals surface area contributed by atoms with E-state index in [2.05, 4.69) is 25.7 Å². The Morgan fingerprint density at radius 3 is 2.24 bits per heavy atom. The van der Waals surface area contributed by atoms with Gasteiger partial charge in [-0.3, -0.25) is 23.9 Å². The lowest BCUT2D eigenvalue weighted by Crippen LogP contribution is -2.56. The third-order valence-electron chi connectivity index (χ3n) is 11.0. The van der Waals surface area contributed by atoms with Crippen molar-refractivity contribution in [1.82, 2.24) is 35.2 Å². The van der Waals surface area contributed by atoms with Gasteiger partial charge in [0, 0.05) is 56.2 Å². The summed E-state index contributed by atoms with van der Waals surface area (Å²) in [4.78, 5) is 43.7. The second-order valence-corrected chi connectivity index (χ2v) is 15.1. The SMILES string of the molecule is CCNC(=O)c1nnc(-c2cc(C(C)C)c(O)cc2O)n1-c1ccc(CN2CCC(C(=O)N3CCC(C(=O)NC4CC(O)OC(C)C4O)CC3)CC2)cc1. The number of benzene rings is 2. The van der Waals surface area contributed by atoms with E-state index in [-0.39, 0.29) is 59.1 Å². The molecule has 15 nitrogen and oxygen atoms in total. The molecule has 15 heteroatoms. The van der Waals surface area contributed by atoms with E-state index in [0.717, 1.165) is 31.5 Å². The van der Waals surface area contributed by atoms with E-state index in [1.165, 1.54) is 6.07 Å². The van der Waals surface area contributed by atoms with E-state index in [4.69, 9.17) is 4.74 Å². The van der Waals surface area contributed by atoms with Gasteiger partial charge in [0.2, 0.25) is 17.6 Å². The number of aromatic hydroxyl groups is 2. The molecule has 4 atom stereocenters. The molecule has 6 N–H and O–H groups in total. The molecule has 6 rings (SSSR count). The molecule has 3 aliphatic rings. The summed E-state index contributed by atoms with van der Waals surface area (Å²) in [6.45, 7) is 11.0. The van der Waals surface area contributed by atoms with Crippen molar-refractivity contribution in [3.63, 3.8) is 0 Å². The van der Waals surface area contributed by atoms with Crippen LogP contribution in [0.25, 0.3) is 17.1 Å². The minimum Gasteiger partial charge on any atom is -0.508 e. The van der Waals surface area contributed by atoms with Crippen molar-refractivity contribution in [1.29, 1.82) is 0 Å². The van der Waals surface area contributed by atoms with Crippen LogP contribution >= 0.6 is 0 Å². The summed E-state index contributed by atoms with van der Waals surface area (Å²) in [7, 11) is 0. The summed E-state index contributed by atoms with van der Waals surface area (Å²) in [5.41, 5.74) is 2.68. The summed E-state index contributed by atoms with van der Waals surface area (Å²) in [6.07, 6.45) is 0.243. The second-order valence-electron chi connectivity index (χ2n) is 15.1. The first-order valence-electron chi connectivity index (χ1n) is 19.1. The fourth-order valence-electron chi connectivity index (χ4n) is 7.80. The van der Waals surface area contributed by atoms with Gasteiger partial charge in [-0.2, -0.15) is 0 Å². The highest BCUT2D eigenvalue weighted by molar-refractivity contribution is 5.92. The van der Waals surface area contributed by atoms with Crippen LogP contribution in [0.2, 0.25) is 0 Å². The number of nitrogens with one attached hydrogen (secondary N) is 2. The van der Waals surface area contributed by atoms with Crippen LogP contribution in [0.5, 0.6) is 11.5 Å². The van der Waals surface area contributed by atoms with Crippen molar-refractivity contribution in [2.45, 2.75) is 96.8 Å². The van der Waals surface area contributed by atoms with Crippen LogP contribution in [-0.2, 0) is 20.9 Å². The highest BCUT2D eigenvalue weighted by atomic mass is 16.6. The van der Waals surface area contributed by atoms with Gasteiger partial charge in [0.15, 0.2) is 12.1 Å². The largest absolute Gasteiger partial charge is 0.508 e. The molecule has 292 valence electrons. The number of carbonyl (C=O) groups excluding carboxylic acids is 3. The Balaban J connectivity index is 1.04. The van der Waals surface area contributed by atoms with E-state index in [1.807, 2.05) is 49.9 Å². The minimum absolute atomic E-state index is 0.0212. The Hall–Kier alpha value is -4.57. The van der Waals surface area contributed by atoms with Gasteiger partial charge in [-0.1, -0.05) is 26.0 Å². The number of aromatic nitrogens is 3. The summed E-state index contributed by atoms with van der Waals surface area (Å²) in [6, 6.07) is 10.1. The summed E-state index contributed by atoms with van der Waals surface area (Å²) >= 11 is 0. The highest BCUT2D eigenvalue weighted by Gasteiger charge is 2.38. The van der Waals surface area contributed by atoms with Crippen LogP contribution < -0.4 is 10.6 Å². The van der Waals surface area contributed by atoms with Crippen LogP contribution in [0, 0.1) is 11.8 Å². The van der Waals surface area contributed by atoms with Gasteiger partial charge in [-0.25, -0.2) is 0 Å². The van der Waals surface area contributed by atoms with E-state index >= 15 is 0 Å². The van der Waals surface area contributed by atoms with E-state index in [9.17, 15) is 34.8 Å². The molecule has 3 aliphatic heterocycles. The molecule has 4 unspecified atom stereocenters. The Morgan fingerprint density at radius 1 is 0.926 bits per heavy atom. The van der Waals surface area contributed by atoms with Crippen LogP contribution in [0.4, 0.5) is 0 Å². The predicted octanol–water partition coefficient (Wildman–Crippen LogP) is 2.64. The topological polar surface area (TPSA) is 203 Å². The van der Waals surface area contributed by atoms with Gasteiger partial charge >= 0.3 is 0 Å². The molecule has 3 amide bonds. The minimum atomic E-state index is -1.03. The lowest BCUT2D eigenvalue weighted by molar-refractivity contribution is -0.203. The Labute approximate surface area is 315 Å². The van der Waals surface area contributed by atoms with Gasteiger partial charge < -0.3 is 40.7 Å². The number of hydrogen-bond acceptors (Lipinski definition) is 11. The zero-order valence-corrected chi connectivity index (χ0v) is 31.4. The van der Waals surface area contributed by atoms with Gasteiger partial charge in [0.1, 0.15) is 17.6 Å². The molecule has 0 bridgehead atoms. The molecule has 1 aromatic heterocycles. The number of nitrogens with zero attached hydrogens (tertiary/aromatic N) is 5. The number of rotatable bonds is 10. The van der Waals surface area contributed by atoms with Crippen molar-refractivity contribution < 1.29 is 39.5 Å². The van der Waals surface area contributed by atoms with Crippen molar-refractivity contribution >= 4 is 17.7 Å². The van der Waals surface area contributed by atoms with Gasteiger partial charge in [-0.05, 0) is 87.9 Å². The van der Waals surface area contributed by atoms with Crippen LogP contribution in [0.15, 0.2) is 36.4 Å². The molecular weight excluding hydrogens is 694 g/mol. The first-order valence-corrected chi connectivity index (χ1v) is 19.1. The van der Waals surface area contributed by atoms with E-state index < -0.39 is 30.4 Å². The normalized spacial score (nSPS) is 23.1. The molecule has 2 aromatic carbocycles. The molecule has 0 saturated carbocycles. The van der Waals surface area contributed by atoms with Crippen molar-refractivity contribution in [2.75, 3.05) is 32.7 Å². The first-order chi connectivity index (χ1) is 25.8. The maximum atomic E-state index is 13.5. The van der Waals surface area contributed by atoms with Crippen LogP contribution in [0.3, 0.4) is 0 Å². The fourth-order valence-corrected chi connectivity index (χ4v) is 7.80. The molecule has 4 heterocycles. The number of piperidine rings is 2. The fraction of sp³-hybridized carbons (Fsp3) is 0.564. The highest BCUT2D eigenvalue weighted by Crippen LogP contribution is 2.38. The number of ether oxygens (including phenoxy) is 1. The van der Waals surface area contributed by atoms with E-state index in [1.54, 1.807) is 17.6 Å². The average Bonchev–Trinajstić information content (AvgIpc) is 3.59. The molecule has 0 spiro atoms. The van der Waals surface area contributed by atoms with Crippen molar-refractivity contribution in [2.24, 2.45) is 11.8 Å². The quantitative estimate of drug-likeness (QED) is 0.178. The molecule has 0 radical (unpaired) electrons. The lowest BCUT2D eigenvalue weighted by atomic mass is 9.91. The zero-order valence-electron chi connectivity index (χ0n) is 31.4. The first kappa shape index (κ1) is 39.1. The summed E-state index contributed by atoms with van der Waals surface area (Å²) < 4.78 is 6.84. The molecule has 3 fully saturated rings. The third kappa shape index (κ3) is 8.54. The number of aliphatic hydroxyl groups is 2. The van der Waals surface area contributed by atoms with Crippen LogP contribution in [0.1, 0.15) is 87.5 Å². The van der Waals surface area contributed by atoms with Crippen molar-refractivity contribution in [3.05, 3.63) is 53.3 Å². The van der Waals surface area contributed by atoms with Crippen molar-refractivity contribution in [3.8, 4) is 28.6 Å². The number of phenols is 2. The number of likely N-dealkylation sites (tertiary alicyclic amines) is 2. The van der Waals surface area contributed by atoms with Gasteiger partial charge in [0.05, 0.1) is 17.7 Å². The lowest BCUT2D eigenvalue weighted by Gasteiger charge is -2.39. The summed E-state index contributed by atoms with van der Waals surface area (Å²) in [5, 5.41) is 55.7. The van der Waals surface area contributed by atoms with Gasteiger partial charge in [-0.15, -0.1) is 10.2 Å². The predicted molar refractivity (Wildman–Crippen MR) is 199 cm³/mol. The number of hydrogen-bond donors (Lipinski definition) is 6. The Morgan fingerprint density at radius 2 is 1.59 bits per heavy atom. The maximum absolute atomic E-state index is 13.5. The zero-order chi connectivity index (χ0) is 38.7. The standard InChI is InChI=1S/C39H53N7O8/c1-5-40-38(52)36-43-42-35(29-18-28(22(2)3)31(47)20-32(29)48)46(36)27-8-6-24(7-9-27)21-44-14-10-26(11-15-44)39(53)45-16-12-25(13-17-45)37(51)41-30-19-33(49)54-23(4)34(30)50/h6-9,18,20,22-23,25-26,30,33-34,47-50H,5,10-17,19,21H2,1-4H3,(H,40,52)(H,41,51). The van der Waals surface area contributed by atoms with Crippen LogP contribution in [-0.4, -0.2) is 120 Å². The third-order valence-corrected chi connectivity index (χ3v) is 11.0. The second kappa shape index (κ2) is 16.8. The van der Waals surface area contributed by atoms with Gasteiger partial charge in [0.25, 0.3) is 5.91 Å². The molecule has 3 aromatic rings. The molecule has 0 aliphatic carbocycles. The molecule has 54 heavy (non-hydrogen) atoms. The molecular formula is C39H53N7O8. The Bertz CT molecular complexity index is 1800. The maximum Gasteiger partial charge on any atom is 0.289 e. The monoisotopic (exact) mass is 747 g/mol. The smallest absolute Gasteiger partial charge is 0.289 e. The van der Waals surface area contributed by atoms with E-state index in [0.29, 0.717) is 55.8 Å². The summed E-state index contributed by atoms with van der Waals surface area (Å²) in [5.74, 6) is -0.619. The number of carbonyl (C=O) groups is 3. The number of amides is 3. The number of phenolic OH excluding ortho intramolecular Hbond substituents is 2. The number of aliphatic hydroxyl groups excluding tert-OH is 2. The average molecular weight is 748 g/mol.